The quantitative estimate of drug-likeness (QED) is 0.748. The molecule has 6 heteroatoms. The van der Waals surface area contributed by atoms with Crippen molar-refractivity contribution in [1.29, 1.82) is 0 Å². The molecule has 1 N–H and O–H groups in total. The highest BCUT2D eigenvalue weighted by molar-refractivity contribution is 9.10. The van der Waals surface area contributed by atoms with Gasteiger partial charge in [0.25, 0.3) is 0 Å². The first-order valence-electron chi connectivity index (χ1n) is 5.66. The number of aromatic nitrogens is 2. The summed E-state index contributed by atoms with van der Waals surface area (Å²) in [5.74, 6) is 1.16. The van der Waals surface area contributed by atoms with Crippen LogP contribution in [0.4, 0.5) is 5.95 Å². The Morgan fingerprint density at radius 3 is 2.94 bits per heavy atom. The average molecular weight is 304 g/mol. The Hall–Kier alpha value is -0.880. The predicted molar refractivity (Wildman–Crippen MR) is 70.5 cm³/mol. The van der Waals surface area contributed by atoms with E-state index in [1.807, 2.05) is 0 Å². The highest BCUT2D eigenvalue weighted by atomic mass is 79.9. The fraction of sp³-hybridized carbons (Fsp3) is 0.636. The molecule has 17 heavy (non-hydrogen) atoms. The van der Waals surface area contributed by atoms with Crippen molar-refractivity contribution in [3.8, 4) is 5.88 Å². The number of methoxy groups -OCH3 is 1. The smallest absolute Gasteiger partial charge is 0.232 e. The summed E-state index contributed by atoms with van der Waals surface area (Å²) in [7, 11) is 1.67. The monoisotopic (exact) mass is 303 g/mol. The van der Waals surface area contributed by atoms with Crippen molar-refractivity contribution in [2.75, 3.05) is 32.2 Å². The Kier molecular flexibility index (Phi) is 6.88. The van der Waals surface area contributed by atoms with Crippen LogP contribution in [0, 0.1) is 0 Å². The van der Waals surface area contributed by atoms with E-state index in [-0.39, 0.29) is 0 Å². The van der Waals surface area contributed by atoms with Crippen molar-refractivity contribution in [3.63, 3.8) is 0 Å². The van der Waals surface area contributed by atoms with E-state index in [2.05, 4.69) is 38.1 Å². The maximum atomic E-state index is 5.54. The molecular weight excluding hydrogens is 286 g/mol. The minimum atomic E-state index is 0.565. The van der Waals surface area contributed by atoms with Crippen molar-refractivity contribution in [3.05, 3.63) is 10.7 Å². The number of halogens is 1. The van der Waals surface area contributed by atoms with Crippen molar-refractivity contribution < 1.29 is 9.47 Å². The van der Waals surface area contributed by atoms with E-state index >= 15 is 0 Å². The first-order valence-corrected chi connectivity index (χ1v) is 6.45. The van der Waals surface area contributed by atoms with Gasteiger partial charge in [0.05, 0.1) is 17.3 Å². The third-order valence-corrected chi connectivity index (χ3v) is 2.52. The third-order valence-electron chi connectivity index (χ3n) is 1.98. The second-order valence-corrected chi connectivity index (χ2v) is 4.32. The van der Waals surface area contributed by atoms with Gasteiger partial charge in [-0.1, -0.05) is 6.92 Å². The number of hydrogen-bond acceptors (Lipinski definition) is 5. The highest BCUT2D eigenvalue weighted by Crippen LogP contribution is 2.22. The summed E-state index contributed by atoms with van der Waals surface area (Å²) in [5, 5.41) is 3.12. The van der Waals surface area contributed by atoms with Gasteiger partial charge in [0.1, 0.15) is 0 Å². The number of ether oxygens (including phenoxy) is 2. The van der Waals surface area contributed by atoms with Crippen LogP contribution in [0.2, 0.25) is 0 Å². The SMILES string of the molecule is CCCNc1ncc(Br)c(OCCCOC)n1. The van der Waals surface area contributed by atoms with Gasteiger partial charge < -0.3 is 14.8 Å². The lowest BCUT2D eigenvalue weighted by atomic mass is 10.5. The molecule has 0 radical (unpaired) electrons. The molecule has 1 aromatic rings. The predicted octanol–water partition coefficient (Wildman–Crippen LogP) is 2.48. The molecule has 0 atom stereocenters. The van der Waals surface area contributed by atoms with Gasteiger partial charge in [0, 0.05) is 26.7 Å². The Labute approximate surface area is 110 Å². The minimum Gasteiger partial charge on any atom is -0.477 e. The van der Waals surface area contributed by atoms with E-state index in [1.54, 1.807) is 13.3 Å². The van der Waals surface area contributed by atoms with Gasteiger partial charge in [0.15, 0.2) is 0 Å². The van der Waals surface area contributed by atoms with Gasteiger partial charge >= 0.3 is 0 Å². The second-order valence-electron chi connectivity index (χ2n) is 3.47. The number of anilines is 1. The summed E-state index contributed by atoms with van der Waals surface area (Å²) < 4.78 is 11.3. The van der Waals surface area contributed by atoms with Crippen molar-refractivity contribution in [1.82, 2.24) is 9.97 Å². The largest absolute Gasteiger partial charge is 0.477 e. The lowest BCUT2D eigenvalue weighted by molar-refractivity contribution is 0.170. The normalized spacial score (nSPS) is 10.3. The molecule has 0 unspecified atom stereocenters. The second kappa shape index (κ2) is 8.25. The molecule has 96 valence electrons. The van der Waals surface area contributed by atoms with Crippen LogP contribution in [0.5, 0.6) is 5.88 Å². The summed E-state index contributed by atoms with van der Waals surface area (Å²) in [6.07, 6.45) is 3.56. The van der Waals surface area contributed by atoms with E-state index in [0.717, 1.165) is 23.9 Å². The van der Waals surface area contributed by atoms with E-state index in [1.165, 1.54) is 0 Å². The molecule has 0 spiro atoms. The molecule has 5 nitrogen and oxygen atoms in total. The highest BCUT2D eigenvalue weighted by Gasteiger charge is 2.05. The summed E-state index contributed by atoms with van der Waals surface area (Å²) in [4.78, 5) is 8.42. The molecule has 0 saturated carbocycles. The fourth-order valence-electron chi connectivity index (χ4n) is 1.15. The lowest BCUT2D eigenvalue weighted by Gasteiger charge is -2.08. The zero-order valence-electron chi connectivity index (χ0n) is 10.2. The summed E-state index contributed by atoms with van der Waals surface area (Å²) >= 11 is 3.36. The van der Waals surface area contributed by atoms with Crippen LogP contribution in [-0.2, 0) is 4.74 Å². The van der Waals surface area contributed by atoms with Crippen LogP contribution in [0.15, 0.2) is 10.7 Å². The maximum Gasteiger partial charge on any atom is 0.232 e. The van der Waals surface area contributed by atoms with Gasteiger partial charge in [-0.2, -0.15) is 4.98 Å². The van der Waals surface area contributed by atoms with Crippen molar-refractivity contribution in [2.24, 2.45) is 0 Å². The number of hydrogen-bond donors (Lipinski definition) is 1. The Bertz CT molecular complexity index is 336. The summed E-state index contributed by atoms with van der Waals surface area (Å²) in [5.41, 5.74) is 0. The zero-order valence-corrected chi connectivity index (χ0v) is 11.8. The molecule has 1 aromatic heterocycles. The maximum absolute atomic E-state index is 5.54. The first kappa shape index (κ1) is 14.2. The molecule has 0 aliphatic carbocycles. The molecule has 1 rings (SSSR count). The lowest BCUT2D eigenvalue weighted by Crippen LogP contribution is -2.07. The topological polar surface area (TPSA) is 56.3 Å². The van der Waals surface area contributed by atoms with Gasteiger partial charge in [-0.05, 0) is 22.4 Å². The van der Waals surface area contributed by atoms with E-state index in [9.17, 15) is 0 Å². The Balaban J connectivity index is 2.50. The molecule has 0 aliphatic heterocycles. The molecule has 0 saturated heterocycles. The van der Waals surface area contributed by atoms with Crippen molar-refractivity contribution in [2.45, 2.75) is 19.8 Å². The van der Waals surface area contributed by atoms with E-state index in [4.69, 9.17) is 9.47 Å². The zero-order chi connectivity index (χ0) is 12.5. The number of nitrogens with one attached hydrogen (secondary N) is 1. The van der Waals surface area contributed by atoms with Crippen LogP contribution in [0.1, 0.15) is 19.8 Å². The summed E-state index contributed by atoms with van der Waals surface area (Å²) in [6, 6.07) is 0. The van der Waals surface area contributed by atoms with E-state index in [0.29, 0.717) is 25.0 Å². The van der Waals surface area contributed by atoms with Crippen molar-refractivity contribution >= 4 is 21.9 Å². The molecule has 1 heterocycles. The molecule has 0 amide bonds. The summed E-state index contributed by atoms with van der Waals surface area (Å²) in [6.45, 7) is 4.21. The van der Waals surface area contributed by atoms with Crippen LogP contribution in [-0.4, -0.2) is 36.8 Å². The van der Waals surface area contributed by atoms with Crippen LogP contribution in [0.3, 0.4) is 0 Å². The molecule has 0 aromatic carbocycles. The van der Waals surface area contributed by atoms with Crippen LogP contribution in [0.25, 0.3) is 0 Å². The van der Waals surface area contributed by atoms with E-state index < -0.39 is 0 Å². The van der Waals surface area contributed by atoms with Gasteiger partial charge in [0.2, 0.25) is 11.8 Å². The minimum absolute atomic E-state index is 0.565. The Morgan fingerprint density at radius 1 is 1.41 bits per heavy atom. The number of nitrogens with zero attached hydrogens (tertiary/aromatic N) is 2. The number of rotatable bonds is 8. The van der Waals surface area contributed by atoms with Gasteiger partial charge in [-0.25, -0.2) is 4.98 Å². The molecule has 0 aliphatic rings. The standard InChI is InChI=1S/C11H18BrN3O2/c1-3-5-13-11-14-8-9(12)10(15-11)17-7-4-6-16-2/h8H,3-7H2,1-2H3,(H,13,14,15). The van der Waals surface area contributed by atoms with Crippen LogP contribution >= 0.6 is 15.9 Å². The molecular formula is C11H18BrN3O2. The fourth-order valence-corrected chi connectivity index (χ4v) is 1.45. The third kappa shape index (κ3) is 5.32. The Morgan fingerprint density at radius 2 is 2.24 bits per heavy atom. The van der Waals surface area contributed by atoms with Gasteiger partial charge in [-0.15, -0.1) is 0 Å². The molecule has 0 bridgehead atoms. The average Bonchev–Trinajstić information content (AvgIpc) is 2.35. The van der Waals surface area contributed by atoms with Gasteiger partial charge in [-0.3, -0.25) is 0 Å². The first-order chi connectivity index (χ1) is 8.27. The molecule has 0 fully saturated rings. The van der Waals surface area contributed by atoms with Crippen LogP contribution < -0.4 is 10.1 Å².